The fourth-order valence-corrected chi connectivity index (χ4v) is 1.70. The second kappa shape index (κ2) is 5.31. The Morgan fingerprint density at radius 2 is 1.89 bits per heavy atom. The minimum Gasteiger partial charge on any atom is -0.477 e. The third kappa shape index (κ3) is 2.85. The zero-order valence-corrected chi connectivity index (χ0v) is 10.1. The molecule has 0 spiro atoms. The Kier molecular flexibility index (Phi) is 3.57. The van der Waals surface area contributed by atoms with Gasteiger partial charge in [0.1, 0.15) is 5.69 Å². The minimum absolute atomic E-state index is 0.0777. The van der Waals surface area contributed by atoms with Gasteiger partial charge < -0.3 is 10.0 Å². The summed E-state index contributed by atoms with van der Waals surface area (Å²) in [7, 11) is 1.95. The molecule has 0 bridgehead atoms. The molecule has 18 heavy (non-hydrogen) atoms. The number of carbonyl (C=O) groups is 1. The van der Waals surface area contributed by atoms with E-state index < -0.39 is 5.97 Å². The first kappa shape index (κ1) is 12.1. The van der Waals surface area contributed by atoms with E-state index in [1.54, 1.807) is 6.07 Å². The minimum atomic E-state index is -1.00. The molecule has 0 radical (unpaired) electrons. The molecule has 0 fully saturated rings. The van der Waals surface area contributed by atoms with Crippen molar-refractivity contribution in [2.75, 3.05) is 11.9 Å². The molecule has 0 aliphatic carbocycles. The lowest BCUT2D eigenvalue weighted by Gasteiger charge is -2.18. The van der Waals surface area contributed by atoms with Crippen LogP contribution >= 0.6 is 0 Å². The molecular weight excluding hydrogens is 228 g/mol. The SMILES string of the molecule is CN(Cc1cccc(C(=O)O)n1)c1ccccc1. The molecule has 1 aromatic heterocycles. The van der Waals surface area contributed by atoms with Gasteiger partial charge in [0.25, 0.3) is 0 Å². The molecule has 2 rings (SSSR count). The fraction of sp³-hybridized carbons (Fsp3) is 0.143. The molecule has 0 aliphatic rings. The highest BCUT2D eigenvalue weighted by Crippen LogP contribution is 2.13. The van der Waals surface area contributed by atoms with Crippen molar-refractivity contribution in [2.45, 2.75) is 6.54 Å². The van der Waals surface area contributed by atoms with Crippen molar-refractivity contribution in [3.05, 3.63) is 59.9 Å². The van der Waals surface area contributed by atoms with Gasteiger partial charge in [0.2, 0.25) is 0 Å². The fourth-order valence-electron chi connectivity index (χ4n) is 1.70. The number of hydrogen-bond donors (Lipinski definition) is 1. The topological polar surface area (TPSA) is 53.4 Å². The summed E-state index contributed by atoms with van der Waals surface area (Å²) in [6.45, 7) is 0.575. The average Bonchev–Trinajstić information content (AvgIpc) is 2.40. The highest BCUT2D eigenvalue weighted by Gasteiger charge is 2.07. The van der Waals surface area contributed by atoms with Gasteiger partial charge in [-0.3, -0.25) is 0 Å². The standard InChI is InChI=1S/C14H14N2O2/c1-16(12-7-3-2-4-8-12)10-11-6-5-9-13(15-11)14(17)18/h2-9H,10H2,1H3,(H,17,18). The summed E-state index contributed by atoms with van der Waals surface area (Å²) in [5, 5.41) is 8.88. The quantitative estimate of drug-likeness (QED) is 0.894. The largest absolute Gasteiger partial charge is 0.477 e. The molecule has 4 heteroatoms. The smallest absolute Gasteiger partial charge is 0.354 e. The maximum absolute atomic E-state index is 10.8. The Labute approximate surface area is 106 Å². The number of anilines is 1. The summed E-state index contributed by atoms with van der Waals surface area (Å²) in [6, 6.07) is 14.9. The average molecular weight is 242 g/mol. The Morgan fingerprint density at radius 3 is 2.56 bits per heavy atom. The molecule has 92 valence electrons. The molecule has 0 saturated heterocycles. The number of pyridine rings is 1. The van der Waals surface area contributed by atoms with Gasteiger partial charge in [0.05, 0.1) is 12.2 Å². The van der Waals surface area contributed by atoms with Crippen LogP contribution in [0.2, 0.25) is 0 Å². The zero-order chi connectivity index (χ0) is 13.0. The van der Waals surface area contributed by atoms with Crippen molar-refractivity contribution >= 4 is 11.7 Å². The maximum atomic E-state index is 10.8. The van der Waals surface area contributed by atoms with Gasteiger partial charge in [-0.05, 0) is 24.3 Å². The lowest BCUT2D eigenvalue weighted by molar-refractivity contribution is 0.0690. The van der Waals surface area contributed by atoms with Crippen LogP contribution < -0.4 is 4.90 Å². The first-order valence-corrected chi connectivity index (χ1v) is 5.62. The van der Waals surface area contributed by atoms with Gasteiger partial charge in [-0.2, -0.15) is 0 Å². The summed E-state index contributed by atoms with van der Waals surface area (Å²) in [5.74, 6) is -1.00. The number of benzene rings is 1. The van der Waals surface area contributed by atoms with Gasteiger partial charge >= 0.3 is 5.97 Å². The molecule has 0 atom stereocenters. The molecule has 4 nitrogen and oxygen atoms in total. The second-order valence-corrected chi connectivity index (χ2v) is 4.01. The molecule has 0 aliphatic heterocycles. The molecule has 1 heterocycles. The van der Waals surface area contributed by atoms with Crippen molar-refractivity contribution in [3.63, 3.8) is 0 Å². The normalized spacial score (nSPS) is 10.1. The number of carboxylic acids is 1. The number of carboxylic acid groups (broad SMARTS) is 1. The number of para-hydroxylation sites is 1. The van der Waals surface area contributed by atoms with Crippen LogP contribution in [0.5, 0.6) is 0 Å². The predicted octanol–water partition coefficient (Wildman–Crippen LogP) is 2.42. The Morgan fingerprint density at radius 1 is 1.17 bits per heavy atom. The van der Waals surface area contributed by atoms with Crippen LogP contribution in [0.1, 0.15) is 16.2 Å². The third-order valence-corrected chi connectivity index (χ3v) is 2.62. The summed E-state index contributed by atoms with van der Waals surface area (Å²) >= 11 is 0. The van der Waals surface area contributed by atoms with Crippen LogP contribution in [0.3, 0.4) is 0 Å². The van der Waals surface area contributed by atoms with Crippen molar-refractivity contribution in [3.8, 4) is 0 Å². The molecule has 2 aromatic rings. The molecule has 0 saturated carbocycles. The zero-order valence-electron chi connectivity index (χ0n) is 10.1. The van der Waals surface area contributed by atoms with E-state index in [2.05, 4.69) is 4.98 Å². The number of hydrogen-bond acceptors (Lipinski definition) is 3. The lowest BCUT2D eigenvalue weighted by atomic mass is 10.2. The van der Waals surface area contributed by atoms with Gasteiger partial charge in [0.15, 0.2) is 0 Å². The lowest BCUT2D eigenvalue weighted by Crippen LogP contribution is -2.17. The number of aromatic nitrogens is 1. The van der Waals surface area contributed by atoms with Crippen molar-refractivity contribution in [1.82, 2.24) is 4.98 Å². The third-order valence-electron chi connectivity index (χ3n) is 2.62. The summed E-state index contributed by atoms with van der Waals surface area (Å²) in [5.41, 5.74) is 1.88. The van der Waals surface area contributed by atoms with E-state index in [-0.39, 0.29) is 5.69 Å². The number of aromatic carboxylic acids is 1. The summed E-state index contributed by atoms with van der Waals surface area (Å²) in [6.07, 6.45) is 0. The maximum Gasteiger partial charge on any atom is 0.354 e. The van der Waals surface area contributed by atoms with Gasteiger partial charge in [-0.15, -0.1) is 0 Å². The highest BCUT2D eigenvalue weighted by molar-refractivity contribution is 5.85. The van der Waals surface area contributed by atoms with E-state index >= 15 is 0 Å². The van der Waals surface area contributed by atoms with Crippen LogP contribution in [0.15, 0.2) is 48.5 Å². The van der Waals surface area contributed by atoms with E-state index in [0.717, 1.165) is 11.4 Å². The molecule has 0 unspecified atom stereocenters. The van der Waals surface area contributed by atoms with E-state index in [9.17, 15) is 4.79 Å². The van der Waals surface area contributed by atoms with Crippen molar-refractivity contribution in [2.24, 2.45) is 0 Å². The Hall–Kier alpha value is -2.36. The van der Waals surface area contributed by atoms with Crippen LogP contribution in [0, 0.1) is 0 Å². The molecule has 0 amide bonds. The molecular formula is C14H14N2O2. The first-order chi connectivity index (χ1) is 8.66. The monoisotopic (exact) mass is 242 g/mol. The molecule has 1 aromatic carbocycles. The predicted molar refractivity (Wildman–Crippen MR) is 69.7 cm³/mol. The van der Waals surface area contributed by atoms with Crippen LogP contribution in [0.25, 0.3) is 0 Å². The highest BCUT2D eigenvalue weighted by atomic mass is 16.4. The van der Waals surface area contributed by atoms with Crippen LogP contribution in [-0.4, -0.2) is 23.1 Å². The summed E-state index contributed by atoms with van der Waals surface area (Å²) < 4.78 is 0. The van der Waals surface area contributed by atoms with Crippen LogP contribution in [-0.2, 0) is 6.54 Å². The second-order valence-electron chi connectivity index (χ2n) is 4.01. The van der Waals surface area contributed by atoms with Crippen molar-refractivity contribution in [1.29, 1.82) is 0 Å². The number of nitrogens with zero attached hydrogens (tertiary/aromatic N) is 2. The number of rotatable bonds is 4. The van der Waals surface area contributed by atoms with Gasteiger partial charge in [-0.1, -0.05) is 24.3 Å². The Balaban J connectivity index is 2.14. The van der Waals surface area contributed by atoms with Crippen molar-refractivity contribution < 1.29 is 9.90 Å². The van der Waals surface area contributed by atoms with E-state index in [0.29, 0.717) is 6.54 Å². The summed E-state index contributed by atoms with van der Waals surface area (Å²) in [4.78, 5) is 17.0. The van der Waals surface area contributed by atoms with E-state index in [4.69, 9.17) is 5.11 Å². The van der Waals surface area contributed by atoms with Gasteiger partial charge in [-0.25, -0.2) is 9.78 Å². The van der Waals surface area contributed by atoms with E-state index in [1.807, 2.05) is 48.3 Å². The first-order valence-electron chi connectivity index (χ1n) is 5.62. The van der Waals surface area contributed by atoms with Crippen LogP contribution in [0.4, 0.5) is 5.69 Å². The van der Waals surface area contributed by atoms with Gasteiger partial charge in [0, 0.05) is 12.7 Å². The Bertz CT molecular complexity index is 541. The van der Waals surface area contributed by atoms with E-state index in [1.165, 1.54) is 6.07 Å². The molecule has 1 N–H and O–H groups in total.